The third-order valence-electron chi connectivity index (χ3n) is 3.74. The summed E-state index contributed by atoms with van der Waals surface area (Å²) >= 11 is 0. The van der Waals surface area contributed by atoms with E-state index in [4.69, 9.17) is 4.74 Å². The standard InChI is InChI=1S/C14H24N4O/c1-4-15-10-12-6-7-13(17-16-12)18-9-5-8-14(2,11-18)19-3/h6-7,15H,4-5,8-11H2,1-3H3. The number of methoxy groups -OCH3 is 1. The molecule has 1 aromatic heterocycles. The van der Waals surface area contributed by atoms with Gasteiger partial charge in [-0.3, -0.25) is 0 Å². The van der Waals surface area contributed by atoms with Crippen LogP contribution in [-0.2, 0) is 11.3 Å². The lowest BCUT2D eigenvalue weighted by atomic mass is 9.95. The number of nitrogens with one attached hydrogen (secondary N) is 1. The van der Waals surface area contributed by atoms with Crippen LogP contribution in [0.4, 0.5) is 5.82 Å². The van der Waals surface area contributed by atoms with Crippen molar-refractivity contribution in [2.45, 2.75) is 38.8 Å². The van der Waals surface area contributed by atoms with E-state index in [-0.39, 0.29) is 5.60 Å². The van der Waals surface area contributed by atoms with Gasteiger partial charge in [0.05, 0.1) is 11.3 Å². The first-order valence-corrected chi connectivity index (χ1v) is 7.00. The van der Waals surface area contributed by atoms with Crippen molar-refractivity contribution in [3.63, 3.8) is 0 Å². The molecule has 0 aromatic carbocycles. The van der Waals surface area contributed by atoms with Crippen LogP contribution < -0.4 is 10.2 Å². The normalized spacial score (nSPS) is 23.6. The molecule has 1 aliphatic heterocycles. The number of anilines is 1. The Labute approximate surface area is 115 Å². The van der Waals surface area contributed by atoms with E-state index in [0.717, 1.165) is 50.5 Å². The molecule has 2 heterocycles. The van der Waals surface area contributed by atoms with Crippen LogP contribution in [0, 0.1) is 0 Å². The number of piperidine rings is 1. The van der Waals surface area contributed by atoms with E-state index in [1.54, 1.807) is 7.11 Å². The molecule has 1 aliphatic rings. The summed E-state index contributed by atoms with van der Waals surface area (Å²) in [5, 5.41) is 11.9. The van der Waals surface area contributed by atoms with Crippen molar-refractivity contribution in [3.8, 4) is 0 Å². The largest absolute Gasteiger partial charge is 0.377 e. The molecule has 0 bridgehead atoms. The average Bonchev–Trinajstić information content (AvgIpc) is 2.46. The van der Waals surface area contributed by atoms with Crippen molar-refractivity contribution in [2.24, 2.45) is 0 Å². The van der Waals surface area contributed by atoms with E-state index in [1.165, 1.54) is 0 Å². The molecule has 5 heteroatoms. The molecule has 106 valence electrons. The third kappa shape index (κ3) is 3.64. The average molecular weight is 264 g/mol. The van der Waals surface area contributed by atoms with Crippen LogP contribution in [0.3, 0.4) is 0 Å². The zero-order chi connectivity index (χ0) is 13.7. The van der Waals surface area contributed by atoms with Crippen molar-refractivity contribution in [3.05, 3.63) is 17.8 Å². The molecule has 0 spiro atoms. The second-order valence-corrected chi connectivity index (χ2v) is 5.34. The van der Waals surface area contributed by atoms with E-state index < -0.39 is 0 Å². The maximum absolute atomic E-state index is 5.61. The van der Waals surface area contributed by atoms with Gasteiger partial charge in [-0.05, 0) is 38.4 Å². The summed E-state index contributed by atoms with van der Waals surface area (Å²) in [7, 11) is 1.79. The van der Waals surface area contributed by atoms with Crippen LogP contribution in [0.2, 0.25) is 0 Å². The molecule has 0 saturated carbocycles. The number of hydrogen-bond acceptors (Lipinski definition) is 5. The van der Waals surface area contributed by atoms with Gasteiger partial charge in [-0.2, -0.15) is 5.10 Å². The van der Waals surface area contributed by atoms with Gasteiger partial charge in [-0.15, -0.1) is 5.10 Å². The van der Waals surface area contributed by atoms with Crippen LogP contribution in [0.1, 0.15) is 32.4 Å². The molecule has 0 aliphatic carbocycles. The smallest absolute Gasteiger partial charge is 0.151 e. The van der Waals surface area contributed by atoms with Crippen LogP contribution in [0.15, 0.2) is 12.1 Å². The summed E-state index contributed by atoms with van der Waals surface area (Å²) in [4.78, 5) is 2.26. The molecule has 0 amide bonds. The maximum atomic E-state index is 5.61. The van der Waals surface area contributed by atoms with E-state index in [2.05, 4.69) is 40.3 Å². The van der Waals surface area contributed by atoms with Gasteiger partial charge < -0.3 is 15.0 Å². The van der Waals surface area contributed by atoms with E-state index in [1.807, 2.05) is 6.07 Å². The number of hydrogen-bond donors (Lipinski definition) is 1. The summed E-state index contributed by atoms with van der Waals surface area (Å²) < 4.78 is 5.61. The van der Waals surface area contributed by atoms with Crippen LogP contribution in [0.25, 0.3) is 0 Å². The van der Waals surface area contributed by atoms with Crippen LogP contribution in [0.5, 0.6) is 0 Å². The topological polar surface area (TPSA) is 50.3 Å². The summed E-state index contributed by atoms with van der Waals surface area (Å²) in [5.41, 5.74) is 0.916. The van der Waals surface area contributed by atoms with Gasteiger partial charge >= 0.3 is 0 Å². The van der Waals surface area contributed by atoms with Crippen molar-refractivity contribution >= 4 is 5.82 Å². The summed E-state index contributed by atoms with van der Waals surface area (Å²) in [5.74, 6) is 0.947. The predicted octanol–water partition coefficient (Wildman–Crippen LogP) is 1.59. The van der Waals surface area contributed by atoms with E-state index in [0.29, 0.717) is 0 Å². The van der Waals surface area contributed by atoms with Crippen molar-refractivity contribution < 1.29 is 4.74 Å². The molecule has 1 saturated heterocycles. The summed E-state index contributed by atoms with van der Waals surface area (Å²) in [6.45, 7) is 7.87. The highest BCUT2D eigenvalue weighted by Gasteiger charge is 2.31. The number of rotatable bonds is 5. The molecule has 1 atom stereocenters. The predicted molar refractivity (Wildman–Crippen MR) is 76.3 cm³/mol. The minimum absolute atomic E-state index is 0.0671. The Kier molecular flexibility index (Phi) is 4.71. The highest BCUT2D eigenvalue weighted by atomic mass is 16.5. The Hall–Kier alpha value is -1.20. The first-order valence-electron chi connectivity index (χ1n) is 7.00. The molecule has 19 heavy (non-hydrogen) atoms. The lowest BCUT2D eigenvalue weighted by molar-refractivity contribution is -0.00484. The molecular weight excluding hydrogens is 240 g/mol. The SMILES string of the molecule is CCNCc1ccc(N2CCCC(C)(OC)C2)nn1. The Balaban J connectivity index is 2.01. The second-order valence-electron chi connectivity index (χ2n) is 5.34. The number of ether oxygens (including phenoxy) is 1. The fourth-order valence-electron chi connectivity index (χ4n) is 2.44. The molecule has 2 rings (SSSR count). The molecule has 1 unspecified atom stereocenters. The minimum atomic E-state index is -0.0671. The maximum Gasteiger partial charge on any atom is 0.151 e. The minimum Gasteiger partial charge on any atom is -0.377 e. The van der Waals surface area contributed by atoms with Crippen molar-refractivity contribution in [2.75, 3.05) is 31.6 Å². The van der Waals surface area contributed by atoms with Crippen molar-refractivity contribution in [1.29, 1.82) is 0 Å². The third-order valence-corrected chi connectivity index (χ3v) is 3.74. The van der Waals surface area contributed by atoms with Gasteiger partial charge in [-0.1, -0.05) is 6.92 Å². The van der Waals surface area contributed by atoms with E-state index in [9.17, 15) is 0 Å². The van der Waals surface area contributed by atoms with Crippen LogP contribution in [-0.4, -0.2) is 42.5 Å². The monoisotopic (exact) mass is 264 g/mol. The zero-order valence-electron chi connectivity index (χ0n) is 12.1. The Morgan fingerprint density at radius 2 is 2.26 bits per heavy atom. The van der Waals surface area contributed by atoms with Gasteiger partial charge in [-0.25, -0.2) is 0 Å². The quantitative estimate of drug-likeness (QED) is 0.875. The molecule has 5 nitrogen and oxygen atoms in total. The molecule has 1 N–H and O–H groups in total. The lowest BCUT2D eigenvalue weighted by Crippen LogP contribution is -2.47. The van der Waals surface area contributed by atoms with Crippen LogP contribution >= 0.6 is 0 Å². The first-order chi connectivity index (χ1) is 9.17. The lowest BCUT2D eigenvalue weighted by Gasteiger charge is -2.39. The molecule has 1 fully saturated rings. The first kappa shape index (κ1) is 14.2. The molecular formula is C14H24N4O. The highest BCUT2D eigenvalue weighted by Crippen LogP contribution is 2.26. The van der Waals surface area contributed by atoms with Gasteiger partial charge in [0.2, 0.25) is 0 Å². The number of nitrogens with zero attached hydrogens (tertiary/aromatic N) is 3. The Morgan fingerprint density at radius 3 is 2.89 bits per heavy atom. The molecule has 1 aromatic rings. The summed E-state index contributed by atoms with van der Waals surface area (Å²) in [6.07, 6.45) is 2.23. The summed E-state index contributed by atoms with van der Waals surface area (Å²) in [6, 6.07) is 4.10. The fraction of sp³-hybridized carbons (Fsp3) is 0.714. The zero-order valence-corrected chi connectivity index (χ0v) is 12.1. The van der Waals surface area contributed by atoms with E-state index >= 15 is 0 Å². The van der Waals surface area contributed by atoms with Gasteiger partial charge in [0.25, 0.3) is 0 Å². The number of aromatic nitrogens is 2. The Bertz CT molecular complexity index is 395. The van der Waals surface area contributed by atoms with Crippen molar-refractivity contribution in [1.82, 2.24) is 15.5 Å². The Morgan fingerprint density at radius 1 is 1.42 bits per heavy atom. The second kappa shape index (κ2) is 6.30. The molecule has 0 radical (unpaired) electrons. The van der Waals surface area contributed by atoms with Gasteiger partial charge in [0.1, 0.15) is 0 Å². The highest BCUT2D eigenvalue weighted by molar-refractivity contribution is 5.38. The van der Waals surface area contributed by atoms with Gasteiger partial charge in [0, 0.05) is 26.7 Å². The fourth-order valence-corrected chi connectivity index (χ4v) is 2.44. The van der Waals surface area contributed by atoms with Gasteiger partial charge in [0.15, 0.2) is 5.82 Å².